The predicted molar refractivity (Wildman–Crippen MR) is 81.3 cm³/mol. The van der Waals surface area contributed by atoms with Crippen LogP contribution in [0, 0.1) is 0 Å². The number of aromatic nitrogens is 3. The Kier molecular flexibility index (Phi) is 4.22. The van der Waals surface area contributed by atoms with Crippen LogP contribution in [0.4, 0.5) is 0 Å². The lowest BCUT2D eigenvalue weighted by molar-refractivity contribution is 0.101. The van der Waals surface area contributed by atoms with Crippen LogP contribution in [0.5, 0.6) is 0 Å². The first kappa shape index (κ1) is 15.4. The molecule has 0 saturated heterocycles. The molecular weight excluding hydrogens is 290 g/mol. The molecule has 0 aromatic carbocycles. The van der Waals surface area contributed by atoms with Crippen molar-refractivity contribution in [2.45, 2.75) is 33.2 Å². The maximum Gasteiger partial charge on any atom is 0.331 e. The summed E-state index contributed by atoms with van der Waals surface area (Å²) in [5.74, 6) is -0.0288. The maximum absolute atomic E-state index is 12.1. The first-order chi connectivity index (χ1) is 9.81. The molecule has 2 heterocycles. The lowest BCUT2D eigenvalue weighted by Crippen LogP contribution is -2.40. The second kappa shape index (κ2) is 5.77. The summed E-state index contributed by atoms with van der Waals surface area (Å²) < 4.78 is 2.30. The molecule has 0 amide bonds. The van der Waals surface area contributed by atoms with Crippen molar-refractivity contribution in [3.8, 4) is 0 Å². The Hall–Kier alpha value is -2.02. The van der Waals surface area contributed by atoms with Crippen LogP contribution in [0.2, 0.25) is 0 Å². The van der Waals surface area contributed by atoms with Gasteiger partial charge < -0.3 is 0 Å². The Morgan fingerprint density at radius 2 is 2.05 bits per heavy atom. The van der Waals surface area contributed by atoms with Crippen molar-refractivity contribution >= 4 is 17.1 Å². The highest BCUT2D eigenvalue weighted by molar-refractivity contribution is 7.09. The number of hydrogen-bond donors (Lipinski definition) is 0. The van der Waals surface area contributed by atoms with E-state index in [2.05, 4.69) is 18.8 Å². The minimum Gasteiger partial charge on any atom is -0.294 e. The number of Topliss-reactive ketones (excluding diaryl/α,β-unsaturated/α-hetero) is 1. The number of ketones is 1. The van der Waals surface area contributed by atoms with E-state index < -0.39 is 11.2 Å². The molecule has 0 aliphatic rings. The van der Waals surface area contributed by atoms with Crippen LogP contribution in [0.3, 0.4) is 0 Å². The summed E-state index contributed by atoms with van der Waals surface area (Å²) in [6, 6.07) is 0. The molecular formula is C14H17N3O3S. The van der Waals surface area contributed by atoms with Crippen molar-refractivity contribution in [2.24, 2.45) is 7.05 Å². The van der Waals surface area contributed by atoms with Crippen LogP contribution in [0.1, 0.15) is 47.7 Å². The normalized spacial score (nSPS) is 11.1. The van der Waals surface area contributed by atoms with Crippen LogP contribution in [0.15, 0.2) is 21.2 Å². The molecule has 2 aromatic heterocycles. The number of thiazole rings is 1. The van der Waals surface area contributed by atoms with E-state index in [4.69, 9.17) is 0 Å². The standard InChI is InChI=1S/C14H17N3O3S/c1-8(2)12-15-10(7-21-12)5-17-6-11(9(3)18)13(19)16(4)14(17)20/h6-8H,5H2,1-4H3. The van der Waals surface area contributed by atoms with E-state index in [9.17, 15) is 14.4 Å². The number of nitrogens with zero attached hydrogens (tertiary/aromatic N) is 3. The zero-order chi connectivity index (χ0) is 15.7. The zero-order valence-corrected chi connectivity index (χ0v) is 13.2. The summed E-state index contributed by atoms with van der Waals surface area (Å²) in [4.78, 5) is 39.9. The molecule has 0 saturated carbocycles. The smallest absolute Gasteiger partial charge is 0.294 e. The van der Waals surface area contributed by atoms with Crippen LogP contribution < -0.4 is 11.2 Å². The first-order valence-electron chi connectivity index (χ1n) is 6.57. The van der Waals surface area contributed by atoms with E-state index in [1.165, 1.54) is 36.1 Å². The molecule has 0 aliphatic heterocycles. The molecule has 0 unspecified atom stereocenters. The Morgan fingerprint density at radius 3 is 2.57 bits per heavy atom. The van der Waals surface area contributed by atoms with E-state index in [1.54, 1.807) is 0 Å². The van der Waals surface area contributed by atoms with Gasteiger partial charge in [0.25, 0.3) is 5.56 Å². The highest BCUT2D eigenvalue weighted by atomic mass is 32.1. The summed E-state index contributed by atoms with van der Waals surface area (Å²) >= 11 is 1.54. The van der Waals surface area contributed by atoms with Crippen LogP contribution in [-0.2, 0) is 13.6 Å². The van der Waals surface area contributed by atoms with Crippen molar-refractivity contribution < 1.29 is 4.79 Å². The fraction of sp³-hybridized carbons (Fsp3) is 0.429. The fourth-order valence-electron chi connectivity index (χ4n) is 1.92. The van der Waals surface area contributed by atoms with E-state index in [1.807, 2.05) is 5.38 Å². The molecule has 7 heteroatoms. The van der Waals surface area contributed by atoms with E-state index in [0.717, 1.165) is 15.3 Å². The number of rotatable bonds is 4. The van der Waals surface area contributed by atoms with Crippen LogP contribution >= 0.6 is 11.3 Å². The summed E-state index contributed by atoms with van der Waals surface area (Å²) in [6.45, 7) is 5.66. The van der Waals surface area contributed by atoms with E-state index in [-0.39, 0.29) is 17.9 Å². The fourth-order valence-corrected chi connectivity index (χ4v) is 2.74. The van der Waals surface area contributed by atoms with Crippen LogP contribution in [0.25, 0.3) is 0 Å². The van der Waals surface area contributed by atoms with Gasteiger partial charge in [0.05, 0.1) is 22.8 Å². The third-order valence-corrected chi connectivity index (χ3v) is 4.32. The predicted octanol–water partition coefficient (Wildman–Crippen LogP) is 1.38. The minimum absolute atomic E-state index is 0.0106. The third-order valence-electron chi connectivity index (χ3n) is 3.13. The average molecular weight is 307 g/mol. The van der Waals surface area contributed by atoms with Gasteiger partial charge >= 0.3 is 5.69 Å². The van der Waals surface area contributed by atoms with Gasteiger partial charge in [-0.25, -0.2) is 9.78 Å². The largest absolute Gasteiger partial charge is 0.331 e. The van der Waals surface area contributed by atoms with Crippen molar-refractivity contribution in [1.82, 2.24) is 14.1 Å². The number of carbonyl (C=O) groups is 1. The molecule has 0 radical (unpaired) electrons. The lowest BCUT2D eigenvalue weighted by atomic mass is 10.2. The molecule has 2 aromatic rings. The lowest BCUT2D eigenvalue weighted by Gasteiger charge is -2.08. The maximum atomic E-state index is 12.1. The Bertz CT molecular complexity index is 799. The van der Waals surface area contributed by atoms with Gasteiger partial charge in [0.1, 0.15) is 0 Å². The van der Waals surface area contributed by atoms with Crippen molar-refractivity contribution in [3.63, 3.8) is 0 Å². The third kappa shape index (κ3) is 3.02. The Labute approximate surface area is 125 Å². The van der Waals surface area contributed by atoms with Gasteiger partial charge in [0.2, 0.25) is 0 Å². The van der Waals surface area contributed by atoms with Gasteiger partial charge in [-0.15, -0.1) is 11.3 Å². The van der Waals surface area contributed by atoms with Gasteiger partial charge in [-0.3, -0.25) is 18.7 Å². The molecule has 6 nitrogen and oxygen atoms in total. The molecule has 0 N–H and O–H groups in total. The first-order valence-corrected chi connectivity index (χ1v) is 7.45. The minimum atomic E-state index is -0.565. The highest BCUT2D eigenvalue weighted by Crippen LogP contribution is 2.19. The summed E-state index contributed by atoms with van der Waals surface area (Å²) in [5.41, 5.74) is -0.260. The molecule has 0 atom stereocenters. The van der Waals surface area contributed by atoms with Gasteiger partial charge in [-0.2, -0.15) is 0 Å². The summed E-state index contributed by atoms with van der Waals surface area (Å²) in [6.07, 6.45) is 1.32. The Balaban J connectivity index is 2.46. The average Bonchev–Trinajstić information content (AvgIpc) is 2.88. The van der Waals surface area contributed by atoms with Crippen molar-refractivity contribution in [1.29, 1.82) is 0 Å². The number of hydrogen-bond acceptors (Lipinski definition) is 5. The Morgan fingerprint density at radius 1 is 1.38 bits per heavy atom. The SMILES string of the molecule is CC(=O)c1cn(Cc2csc(C(C)C)n2)c(=O)n(C)c1=O. The molecule has 0 aliphatic carbocycles. The molecule has 21 heavy (non-hydrogen) atoms. The van der Waals surface area contributed by atoms with Crippen LogP contribution in [-0.4, -0.2) is 19.9 Å². The quantitative estimate of drug-likeness (QED) is 0.800. The molecule has 0 fully saturated rings. The summed E-state index contributed by atoms with van der Waals surface area (Å²) in [7, 11) is 1.37. The second-order valence-electron chi connectivity index (χ2n) is 5.21. The van der Waals surface area contributed by atoms with Gasteiger partial charge in [-0.1, -0.05) is 13.8 Å². The second-order valence-corrected chi connectivity index (χ2v) is 6.10. The van der Waals surface area contributed by atoms with E-state index >= 15 is 0 Å². The van der Waals surface area contributed by atoms with Gasteiger partial charge in [0.15, 0.2) is 5.78 Å². The number of carbonyl (C=O) groups excluding carboxylic acids is 1. The molecule has 2 rings (SSSR count). The van der Waals surface area contributed by atoms with Gasteiger partial charge in [0, 0.05) is 24.5 Å². The molecule has 0 bridgehead atoms. The highest BCUT2D eigenvalue weighted by Gasteiger charge is 2.13. The zero-order valence-electron chi connectivity index (χ0n) is 12.4. The topological polar surface area (TPSA) is 74.0 Å². The van der Waals surface area contributed by atoms with Crippen molar-refractivity contribution in [2.75, 3.05) is 0 Å². The summed E-state index contributed by atoms with van der Waals surface area (Å²) in [5, 5.41) is 2.88. The van der Waals surface area contributed by atoms with E-state index in [0.29, 0.717) is 5.92 Å². The van der Waals surface area contributed by atoms with Crippen molar-refractivity contribution in [3.05, 3.63) is 48.7 Å². The monoisotopic (exact) mass is 307 g/mol. The molecule has 0 spiro atoms. The van der Waals surface area contributed by atoms with Gasteiger partial charge in [-0.05, 0) is 6.92 Å². The molecule has 112 valence electrons.